The molecule has 3 heterocycles. The maximum atomic E-state index is 13.6. The van der Waals surface area contributed by atoms with Gasteiger partial charge in [-0.25, -0.2) is 14.3 Å². The summed E-state index contributed by atoms with van der Waals surface area (Å²) in [4.78, 5) is 52.9. The van der Waals surface area contributed by atoms with Crippen LogP contribution in [0.4, 0.5) is 4.79 Å². The van der Waals surface area contributed by atoms with Crippen molar-refractivity contribution < 1.29 is 34.1 Å². The van der Waals surface area contributed by atoms with Crippen molar-refractivity contribution in [2.45, 2.75) is 54.7 Å². The number of carbonyl (C=O) groups excluding carboxylic acids is 3. The number of carbonyl (C=O) groups is 4. The van der Waals surface area contributed by atoms with Crippen LogP contribution in [0, 0.1) is 0 Å². The van der Waals surface area contributed by atoms with E-state index in [1.54, 1.807) is 33.9 Å². The standard InChI is InChI=1S/C25H31N7O7S3/c1-25(2,3)39-24(38)27-16(12-6-7-15(33)13(8-12)9-40-5)19(34)26-17-20(35)32-18(22(36)37)14(10-41-21(17)32)11-42-23-28-29-30-31(23)4/h6-8,16-17,21,33H,9-11H2,1-5H3,(H,26,34)(H,27,38)(H,36,37). The van der Waals surface area contributed by atoms with E-state index in [2.05, 4.69) is 26.2 Å². The van der Waals surface area contributed by atoms with Crippen molar-refractivity contribution in [2.24, 2.45) is 7.05 Å². The maximum absolute atomic E-state index is 13.6. The first kappa shape index (κ1) is 31.5. The summed E-state index contributed by atoms with van der Waals surface area (Å²) in [6.45, 7) is 5.06. The summed E-state index contributed by atoms with van der Waals surface area (Å²) in [6, 6.07) is 2.29. The van der Waals surface area contributed by atoms with Crippen molar-refractivity contribution in [3.8, 4) is 5.75 Å². The maximum Gasteiger partial charge on any atom is 0.408 e. The molecule has 0 spiro atoms. The Morgan fingerprint density at radius 3 is 2.62 bits per heavy atom. The van der Waals surface area contributed by atoms with E-state index in [0.717, 1.165) is 0 Å². The number of β-lactam (4-membered cyclic amide) rings is 1. The molecule has 0 aliphatic carbocycles. The predicted octanol–water partition coefficient (Wildman–Crippen LogP) is 1.88. The zero-order chi connectivity index (χ0) is 30.8. The second-order valence-corrected chi connectivity index (χ2v) is 13.3. The Morgan fingerprint density at radius 1 is 1.26 bits per heavy atom. The molecule has 14 nitrogen and oxygen atoms in total. The lowest BCUT2D eigenvalue weighted by Gasteiger charge is -2.49. The zero-order valence-electron chi connectivity index (χ0n) is 23.5. The Hall–Kier alpha value is -3.44. The van der Waals surface area contributed by atoms with Crippen LogP contribution in [-0.4, -0.2) is 94.0 Å². The molecule has 3 amide bonds. The predicted molar refractivity (Wildman–Crippen MR) is 157 cm³/mol. The topological polar surface area (TPSA) is 189 Å². The van der Waals surface area contributed by atoms with Crippen LogP contribution in [0.5, 0.6) is 5.75 Å². The molecule has 0 saturated carbocycles. The number of tetrazole rings is 1. The van der Waals surface area contributed by atoms with Crippen LogP contribution in [-0.2, 0) is 31.9 Å². The third-order valence-corrected chi connectivity index (χ3v) is 9.20. The van der Waals surface area contributed by atoms with Crippen molar-refractivity contribution in [1.82, 2.24) is 35.7 Å². The van der Waals surface area contributed by atoms with E-state index in [4.69, 9.17) is 4.74 Å². The summed E-state index contributed by atoms with van der Waals surface area (Å²) >= 11 is 4.05. The molecule has 0 bridgehead atoms. The van der Waals surface area contributed by atoms with E-state index < -0.39 is 46.9 Å². The fourth-order valence-electron chi connectivity index (χ4n) is 4.31. The molecule has 1 aromatic carbocycles. The quantitative estimate of drug-likeness (QED) is 0.219. The number of aliphatic carboxylic acids is 1. The molecule has 1 saturated heterocycles. The summed E-state index contributed by atoms with van der Waals surface area (Å²) < 4.78 is 6.82. The lowest BCUT2D eigenvalue weighted by Crippen LogP contribution is -2.71. The molecule has 4 rings (SSSR count). The SMILES string of the molecule is CSCc1cc(C(NC(=O)OC(C)(C)C)C(=O)NC2C(=O)N3C(C(=O)O)=C(CSc4nnnn4C)CSC23)ccc1O. The van der Waals surface area contributed by atoms with Gasteiger partial charge in [-0.1, -0.05) is 17.8 Å². The number of thioether (sulfide) groups is 3. The van der Waals surface area contributed by atoms with Gasteiger partial charge in [0.25, 0.3) is 5.91 Å². The number of aromatic nitrogens is 4. The highest BCUT2D eigenvalue weighted by Crippen LogP contribution is 2.41. The number of phenols is 1. The first-order chi connectivity index (χ1) is 19.8. The molecule has 3 unspecified atom stereocenters. The number of aromatic hydroxyl groups is 1. The van der Waals surface area contributed by atoms with Crippen LogP contribution in [0.3, 0.4) is 0 Å². The molecular weight excluding hydrogens is 607 g/mol. The Morgan fingerprint density at radius 2 is 2.00 bits per heavy atom. The minimum absolute atomic E-state index is 0.0466. The summed E-state index contributed by atoms with van der Waals surface area (Å²) in [5, 5.41) is 36.5. The number of carboxylic acids is 1. The average molecular weight is 638 g/mol. The number of ether oxygens (including phenoxy) is 1. The minimum atomic E-state index is -1.25. The normalized spacial score (nSPS) is 19.1. The molecule has 2 aliphatic heterocycles. The van der Waals surface area contributed by atoms with E-state index in [1.807, 2.05) is 6.26 Å². The van der Waals surface area contributed by atoms with E-state index in [-0.39, 0.29) is 17.2 Å². The molecule has 42 heavy (non-hydrogen) atoms. The fourth-order valence-corrected chi connectivity index (χ4v) is 7.19. The van der Waals surface area contributed by atoms with Crippen LogP contribution in [0.25, 0.3) is 0 Å². The highest BCUT2D eigenvalue weighted by molar-refractivity contribution is 8.01. The van der Waals surface area contributed by atoms with E-state index in [0.29, 0.717) is 33.4 Å². The fraction of sp³-hybridized carbons (Fsp3) is 0.480. The molecule has 1 fully saturated rings. The Labute approximate surface area is 254 Å². The van der Waals surface area contributed by atoms with E-state index >= 15 is 0 Å². The lowest BCUT2D eigenvalue weighted by atomic mass is 10.00. The molecule has 1 aromatic heterocycles. The minimum Gasteiger partial charge on any atom is -0.508 e. The number of hydrogen-bond donors (Lipinski definition) is 4. The molecular formula is C25H31N7O7S3. The van der Waals surface area contributed by atoms with Gasteiger partial charge in [-0.2, -0.15) is 11.8 Å². The number of amides is 3. The highest BCUT2D eigenvalue weighted by Gasteiger charge is 2.54. The van der Waals surface area contributed by atoms with E-state index in [9.17, 15) is 29.4 Å². The summed E-state index contributed by atoms with van der Waals surface area (Å²) in [7, 11) is 1.67. The Balaban J connectivity index is 1.54. The van der Waals surface area contributed by atoms with Crippen molar-refractivity contribution >= 4 is 59.2 Å². The number of fused-ring (bicyclic) bond motifs is 1. The lowest BCUT2D eigenvalue weighted by molar-refractivity contribution is -0.151. The van der Waals surface area contributed by atoms with Crippen LogP contribution < -0.4 is 10.6 Å². The Bertz CT molecular complexity index is 1430. The highest BCUT2D eigenvalue weighted by atomic mass is 32.2. The summed E-state index contributed by atoms with van der Waals surface area (Å²) in [6.07, 6.45) is 1.02. The van der Waals surface area contributed by atoms with Crippen LogP contribution in [0.1, 0.15) is 37.9 Å². The second kappa shape index (κ2) is 12.8. The zero-order valence-corrected chi connectivity index (χ0v) is 25.9. The van der Waals surface area contributed by atoms with Crippen molar-refractivity contribution in [3.63, 3.8) is 0 Å². The number of carboxylic acid groups (broad SMARTS) is 1. The second-order valence-electron chi connectivity index (χ2n) is 10.4. The van der Waals surface area contributed by atoms with Gasteiger partial charge in [-0.3, -0.25) is 14.5 Å². The molecule has 0 radical (unpaired) electrons. The van der Waals surface area contributed by atoms with Gasteiger partial charge in [0, 0.05) is 29.9 Å². The van der Waals surface area contributed by atoms with Gasteiger partial charge in [0.2, 0.25) is 11.1 Å². The van der Waals surface area contributed by atoms with E-state index in [1.165, 1.54) is 57.0 Å². The van der Waals surface area contributed by atoms with Crippen LogP contribution >= 0.6 is 35.3 Å². The van der Waals surface area contributed by atoms with Gasteiger partial charge >= 0.3 is 12.1 Å². The van der Waals surface area contributed by atoms with Gasteiger partial charge in [0.15, 0.2) is 0 Å². The monoisotopic (exact) mass is 637 g/mol. The molecule has 2 aliphatic rings. The number of aryl methyl sites for hydroxylation is 1. The largest absolute Gasteiger partial charge is 0.508 e. The summed E-state index contributed by atoms with van der Waals surface area (Å²) in [5.74, 6) is -1.42. The number of phenolic OH excluding ortho intramolecular Hbond substituents is 1. The number of nitrogens with zero attached hydrogens (tertiary/aromatic N) is 5. The first-order valence-corrected chi connectivity index (χ1v) is 16.1. The van der Waals surface area contributed by atoms with Gasteiger partial charge in [-0.05, 0) is 60.7 Å². The molecule has 3 atom stereocenters. The van der Waals surface area contributed by atoms with Crippen LogP contribution in [0.15, 0.2) is 34.6 Å². The molecule has 226 valence electrons. The number of nitrogens with one attached hydrogen (secondary N) is 2. The third kappa shape index (κ3) is 6.95. The van der Waals surface area contributed by atoms with Crippen LogP contribution in [0.2, 0.25) is 0 Å². The van der Waals surface area contributed by atoms with Gasteiger partial charge in [0.05, 0.1) is 0 Å². The molecule has 4 N–H and O–H groups in total. The van der Waals surface area contributed by atoms with Crippen molar-refractivity contribution in [1.29, 1.82) is 0 Å². The summed E-state index contributed by atoms with van der Waals surface area (Å²) in [5.41, 5.74) is 0.525. The number of benzene rings is 1. The molecule has 2 aromatic rings. The first-order valence-electron chi connectivity index (χ1n) is 12.7. The molecule has 17 heteroatoms. The Kier molecular flexibility index (Phi) is 9.62. The number of rotatable bonds is 10. The van der Waals surface area contributed by atoms with Crippen molar-refractivity contribution in [3.05, 3.63) is 40.6 Å². The van der Waals surface area contributed by atoms with Crippen molar-refractivity contribution in [2.75, 3.05) is 17.8 Å². The number of hydrogen-bond acceptors (Lipinski definition) is 12. The van der Waals surface area contributed by atoms with Gasteiger partial charge in [0.1, 0.15) is 34.5 Å². The number of alkyl carbamates (subject to hydrolysis) is 1. The van der Waals surface area contributed by atoms with Gasteiger partial charge < -0.3 is 25.6 Å². The average Bonchev–Trinajstić information content (AvgIpc) is 3.33. The third-order valence-electron chi connectivity index (χ3n) is 6.16. The van der Waals surface area contributed by atoms with Gasteiger partial charge in [-0.15, -0.1) is 16.9 Å². The smallest absolute Gasteiger partial charge is 0.408 e.